The summed E-state index contributed by atoms with van der Waals surface area (Å²) in [6.45, 7) is 5.07. The van der Waals surface area contributed by atoms with Crippen molar-refractivity contribution in [1.82, 2.24) is 4.90 Å². The number of benzene rings is 1. The molecule has 0 aromatic heterocycles. The molecule has 0 bridgehead atoms. The summed E-state index contributed by atoms with van der Waals surface area (Å²) in [6, 6.07) is 8.02. The van der Waals surface area contributed by atoms with Crippen LogP contribution in [0.5, 0.6) is 0 Å². The van der Waals surface area contributed by atoms with E-state index in [1.54, 1.807) is 11.1 Å². The van der Waals surface area contributed by atoms with Crippen LogP contribution in [0, 0.1) is 0 Å². The SMILES string of the molecule is c1cc2c(cc1N1CCN3CCCC3C1)CCC2. The lowest BCUT2D eigenvalue weighted by Crippen LogP contribution is -2.50. The fraction of sp³-hybridized carbons (Fsp3) is 0.625. The Morgan fingerprint density at radius 2 is 1.89 bits per heavy atom. The van der Waals surface area contributed by atoms with Crippen LogP contribution in [-0.2, 0) is 12.8 Å². The molecule has 2 saturated heterocycles. The number of nitrogens with zero attached hydrogens (tertiary/aromatic N) is 2. The molecule has 1 aromatic carbocycles. The fourth-order valence-electron chi connectivity index (χ4n) is 3.98. The molecule has 96 valence electrons. The van der Waals surface area contributed by atoms with Gasteiger partial charge in [-0.3, -0.25) is 4.90 Å². The van der Waals surface area contributed by atoms with E-state index in [1.165, 1.54) is 64.0 Å². The Labute approximate surface area is 110 Å². The second kappa shape index (κ2) is 4.27. The summed E-state index contributed by atoms with van der Waals surface area (Å²) >= 11 is 0. The highest BCUT2D eigenvalue weighted by atomic mass is 15.3. The van der Waals surface area contributed by atoms with Gasteiger partial charge >= 0.3 is 0 Å². The monoisotopic (exact) mass is 242 g/mol. The van der Waals surface area contributed by atoms with Gasteiger partial charge in [0.05, 0.1) is 0 Å². The van der Waals surface area contributed by atoms with Gasteiger partial charge in [0.1, 0.15) is 0 Å². The van der Waals surface area contributed by atoms with Gasteiger partial charge in [0.15, 0.2) is 0 Å². The van der Waals surface area contributed by atoms with Gasteiger partial charge < -0.3 is 4.90 Å². The Hall–Kier alpha value is -1.02. The Morgan fingerprint density at radius 3 is 2.89 bits per heavy atom. The van der Waals surface area contributed by atoms with Crippen LogP contribution in [0.3, 0.4) is 0 Å². The Balaban J connectivity index is 1.56. The van der Waals surface area contributed by atoms with Crippen molar-refractivity contribution in [3.8, 4) is 0 Å². The summed E-state index contributed by atoms with van der Waals surface area (Å²) in [5.41, 5.74) is 4.68. The molecule has 2 heteroatoms. The molecule has 4 rings (SSSR count). The van der Waals surface area contributed by atoms with E-state index in [-0.39, 0.29) is 0 Å². The molecule has 0 saturated carbocycles. The van der Waals surface area contributed by atoms with E-state index >= 15 is 0 Å². The van der Waals surface area contributed by atoms with Crippen LogP contribution in [-0.4, -0.2) is 37.1 Å². The molecule has 1 atom stereocenters. The van der Waals surface area contributed by atoms with Crippen LogP contribution < -0.4 is 4.90 Å². The lowest BCUT2D eigenvalue weighted by molar-refractivity contribution is 0.231. The Morgan fingerprint density at radius 1 is 0.944 bits per heavy atom. The van der Waals surface area contributed by atoms with Crippen molar-refractivity contribution in [2.45, 2.75) is 38.1 Å². The van der Waals surface area contributed by atoms with Crippen molar-refractivity contribution in [3.05, 3.63) is 29.3 Å². The lowest BCUT2D eigenvalue weighted by Gasteiger charge is -2.39. The summed E-state index contributed by atoms with van der Waals surface area (Å²) in [6.07, 6.45) is 6.76. The highest BCUT2D eigenvalue weighted by Gasteiger charge is 2.30. The number of rotatable bonds is 1. The van der Waals surface area contributed by atoms with Crippen LogP contribution in [0.1, 0.15) is 30.4 Å². The fourth-order valence-corrected chi connectivity index (χ4v) is 3.98. The van der Waals surface area contributed by atoms with E-state index in [0.717, 1.165) is 6.04 Å². The molecular weight excluding hydrogens is 220 g/mol. The Bertz CT molecular complexity index is 454. The van der Waals surface area contributed by atoms with E-state index in [0.29, 0.717) is 0 Å². The van der Waals surface area contributed by atoms with Crippen molar-refractivity contribution in [2.24, 2.45) is 0 Å². The van der Waals surface area contributed by atoms with E-state index in [4.69, 9.17) is 0 Å². The minimum absolute atomic E-state index is 0.826. The van der Waals surface area contributed by atoms with Gasteiger partial charge in [0, 0.05) is 31.4 Å². The molecule has 2 fully saturated rings. The molecule has 0 spiro atoms. The molecule has 0 radical (unpaired) electrons. The van der Waals surface area contributed by atoms with Gasteiger partial charge in [-0.2, -0.15) is 0 Å². The maximum absolute atomic E-state index is 2.68. The molecule has 0 N–H and O–H groups in total. The maximum atomic E-state index is 2.68. The minimum Gasteiger partial charge on any atom is -0.369 e. The highest BCUT2D eigenvalue weighted by molar-refractivity contribution is 5.52. The van der Waals surface area contributed by atoms with E-state index in [9.17, 15) is 0 Å². The second-order valence-electron chi connectivity index (χ2n) is 6.08. The van der Waals surface area contributed by atoms with Crippen molar-refractivity contribution in [3.63, 3.8) is 0 Å². The summed E-state index contributed by atoms with van der Waals surface area (Å²) in [7, 11) is 0. The molecule has 3 aliphatic rings. The van der Waals surface area contributed by atoms with Crippen LogP contribution in [0.15, 0.2) is 18.2 Å². The van der Waals surface area contributed by atoms with Crippen LogP contribution in [0.2, 0.25) is 0 Å². The zero-order chi connectivity index (χ0) is 11.9. The number of hydrogen-bond acceptors (Lipinski definition) is 2. The van der Waals surface area contributed by atoms with Gasteiger partial charge in [0.25, 0.3) is 0 Å². The summed E-state index contributed by atoms with van der Waals surface area (Å²) in [5.74, 6) is 0. The topological polar surface area (TPSA) is 6.48 Å². The third-order valence-electron chi connectivity index (χ3n) is 5.03. The molecule has 1 unspecified atom stereocenters. The smallest absolute Gasteiger partial charge is 0.0370 e. The van der Waals surface area contributed by atoms with Gasteiger partial charge in [-0.05, 0) is 61.9 Å². The predicted octanol–water partition coefficient (Wildman–Crippen LogP) is 2.46. The van der Waals surface area contributed by atoms with E-state index in [2.05, 4.69) is 28.0 Å². The van der Waals surface area contributed by atoms with Gasteiger partial charge in [-0.1, -0.05) is 6.07 Å². The third-order valence-corrected chi connectivity index (χ3v) is 5.03. The normalized spacial score (nSPS) is 27.3. The Kier molecular flexibility index (Phi) is 2.58. The van der Waals surface area contributed by atoms with Crippen molar-refractivity contribution >= 4 is 5.69 Å². The van der Waals surface area contributed by atoms with E-state index < -0.39 is 0 Å². The number of anilines is 1. The number of hydrogen-bond donors (Lipinski definition) is 0. The van der Waals surface area contributed by atoms with Crippen molar-refractivity contribution in [2.75, 3.05) is 31.1 Å². The minimum atomic E-state index is 0.826. The molecule has 0 amide bonds. The summed E-state index contributed by atoms with van der Waals surface area (Å²) in [4.78, 5) is 5.30. The highest BCUT2D eigenvalue weighted by Crippen LogP contribution is 2.29. The lowest BCUT2D eigenvalue weighted by atomic mass is 10.1. The zero-order valence-corrected chi connectivity index (χ0v) is 11.1. The molecule has 2 nitrogen and oxygen atoms in total. The van der Waals surface area contributed by atoms with Crippen molar-refractivity contribution < 1.29 is 0 Å². The third kappa shape index (κ3) is 1.74. The largest absolute Gasteiger partial charge is 0.369 e. The van der Waals surface area contributed by atoms with Crippen LogP contribution in [0.4, 0.5) is 5.69 Å². The average Bonchev–Trinajstić information content (AvgIpc) is 3.05. The molecule has 1 aromatic rings. The second-order valence-corrected chi connectivity index (χ2v) is 6.08. The van der Waals surface area contributed by atoms with E-state index in [1.807, 2.05) is 0 Å². The molecule has 1 aliphatic carbocycles. The summed E-state index contributed by atoms with van der Waals surface area (Å²) < 4.78 is 0. The first-order valence-electron chi connectivity index (χ1n) is 7.51. The van der Waals surface area contributed by atoms with Gasteiger partial charge in [0.2, 0.25) is 0 Å². The quantitative estimate of drug-likeness (QED) is 0.746. The van der Waals surface area contributed by atoms with Crippen LogP contribution >= 0.6 is 0 Å². The average molecular weight is 242 g/mol. The van der Waals surface area contributed by atoms with Crippen molar-refractivity contribution in [1.29, 1.82) is 0 Å². The first-order chi connectivity index (χ1) is 8.90. The zero-order valence-electron chi connectivity index (χ0n) is 11.1. The first-order valence-corrected chi connectivity index (χ1v) is 7.51. The number of piperazine rings is 1. The first kappa shape index (κ1) is 10.9. The standard InChI is InChI=1S/C16H22N2/c1-3-13-6-7-15(11-14(13)4-1)18-10-9-17-8-2-5-16(17)12-18/h6-7,11,16H,1-5,8-10,12H2. The molecule has 2 aliphatic heterocycles. The summed E-state index contributed by atoms with van der Waals surface area (Å²) in [5, 5.41) is 0. The van der Waals surface area contributed by atoms with Gasteiger partial charge in [-0.15, -0.1) is 0 Å². The van der Waals surface area contributed by atoms with Gasteiger partial charge in [-0.25, -0.2) is 0 Å². The number of aryl methyl sites for hydroxylation is 2. The maximum Gasteiger partial charge on any atom is 0.0370 e. The molecule has 2 heterocycles. The number of fused-ring (bicyclic) bond motifs is 2. The van der Waals surface area contributed by atoms with Crippen LogP contribution in [0.25, 0.3) is 0 Å². The molecular formula is C16H22N2. The predicted molar refractivity (Wildman–Crippen MR) is 75.3 cm³/mol. The molecule has 18 heavy (non-hydrogen) atoms.